The Kier molecular flexibility index (Phi) is 6.38. The molecule has 1 aromatic rings. The number of ether oxygens (including phenoxy) is 3. The highest BCUT2D eigenvalue weighted by molar-refractivity contribution is 7.89. The molecular weight excluding hydrogens is 424 g/mol. The molecular formula is C21H28N2O7S. The summed E-state index contributed by atoms with van der Waals surface area (Å²) in [7, 11) is -3.72. The lowest BCUT2D eigenvalue weighted by atomic mass is 9.98. The minimum absolute atomic E-state index is 0.142. The van der Waals surface area contributed by atoms with Gasteiger partial charge in [0.2, 0.25) is 10.0 Å². The second kappa shape index (κ2) is 9.04. The highest BCUT2D eigenvalue weighted by Gasteiger charge is 2.35. The monoisotopic (exact) mass is 452 g/mol. The Bertz CT molecular complexity index is 937. The zero-order valence-corrected chi connectivity index (χ0v) is 18.4. The van der Waals surface area contributed by atoms with E-state index >= 15 is 0 Å². The molecule has 1 saturated heterocycles. The van der Waals surface area contributed by atoms with E-state index in [0.29, 0.717) is 37.6 Å². The molecule has 3 aliphatic rings. The van der Waals surface area contributed by atoms with Crippen LogP contribution in [0.5, 0.6) is 11.5 Å². The molecule has 4 rings (SSSR count). The molecule has 2 aliphatic heterocycles. The van der Waals surface area contributed by atoms with Crippen molar-refractivity contribution < 1.29 is 32.2 Å². The first-order valence-corrected chi connectivity index (χ1v) is 12.2. The number of carbonyl (C=O) groups excluding carboxylic acids is 2. The molecule has 0 radical (unpaired) electrons. The maximum Gasteiger partial charge on any atom is 0.309 e. The first-order chi connectivity index (χ1) is 14.8. The van der Waals surface area contributed by atoms with E-state index < -0.39 is 28.0 Å². The van der Waals surface area contributed by atoms with Gasteiger partial charge in [-0.3, -0.25) is 9.59 Å². The minimum Gasteiger partial charge on any atom is -0.490 e. The van der Waals surface area contributed by atoms with Crippen LogP contribution in [0.15, 0.2) is 23.1 Å². The number of carbonyl (C=O) groups is 2. The highest BCUT2D eigenvalue weighted by Crippen LogP contribution is 2.34. The van der Waals surface area contributed by atoms with Crippen molar-refractivity contribution in [3.63, 3.8) is 0 Å². The Balaban J connectivity index is 1.33. The van der Waals surface area contributed by atoms with Crippen LogP contribution in [0.2, 0.25) is 0 Å². The number of benzene rings is 1. The van der Waals surface area contributed by atoms with E-state index in [-0.39, 0.29) is 29.9 Å². The van der Waals surface area contributed by atoms with Gasteiger partial charge in [0.15, 0.2) is 17.6 Å². The number of nitrogens with one attached hydrogen (secondary N) is 1. The van der Waals surface area contributed by atoms with Gasteiger partial charge >= 0.3 is 5.97 Å². The predicted molar refractivity (Wildman–Crippen MR) is 110 cm³/mol. The average Bonchev–Trinajstić information content (AvgIpc) is 3.60. The summed E-state index contributed by atoms with van der Waals surface area (Å²) in [5.74, 6) is -0.198. The van der Waals surface area contributed by atoms with Gasteiger partial charge in [0, 0.05) is 31.6 Å². The average molecular weight is 453 g/mol. The third-order valence-corrected chi connectivity index (χ3v) is 7.62. The third-order valence-electron chi connectivity index (χ3n) is 5.73. The summed E-state index contributed by atoms with van der Waals surface area (Å²) in [6.07, 6.45) is 2.50. The summed E-state index contributed by atoms with van der Waals surface area (Å²) < 4.78 is 44.0. The molecule has 0 aromatic heterocycles. The molecule has 1 aliphatic carbocycles. The van der Waals surface area contributed by atoms with E-state index in [1.54, 1.807) is 13.0 Å². The smallest absolute Gasteiger partial charge is 0.309 e. The Morgan fingerprint density at radius 3 is 2.45 bits per heavy atom. The lowest BCUT2D eigenvalue weighted by molar-refractivity contribution is -0.159. The molecule has 1 saturated carbocycles. The van der Waals surface area contributed by atoms with Crippen molar-refractivity contribution in [2.24, 2.45) is 5.92 Å². The Labute approximate surface area is 182 Å². The Morgan fingerprint density at radius 2 is 1.77 bits per heavy atom. The molecule has 1 atom stereocenters. The molecule has 1 aromatic carbocycles. The van der Waals surface area contributed by atoms with E-state index in [9.17, 15) is 18.0 Å². The number of esters is 1. The fourth-order valence-corrected chi connectivity index (χ4v) is 5.14. The van der Waals surface area contributed by atoms with Crippen LogP contribution in [0.3, 0.4) is 0 Å². The molecule has 170 valence electrons. The molecule has 31 heavy (non-hydrogen) atoms. The lowest BCUT2D eigenvalue weighted by Crippen LogP contribution is -2.42. The van der Waals surface area contributed by atoms with E-state index in [0.717, 1.165) is 19.3 Å². The molecule has 2 heterocycles. The summed E-state index contributed by atoms with van der Waals surface area (Å²) in [4.78, 5) is 24.6. The number of sulfonamides is 1. The standard InChI is InChI=1S/C21H28N2O7S/c1-14(20(24)22-16-3-4-16)30-21(25)15-7-9-23(10-8-15)31(26,27)17-5-6-18-19(13-17)29-12-2-11-28-18/h5-6,13-16H,2-4,7-12H2,1H3,(H,22,24)/t14-/m0/s1. The summed E-state index contributed by atoms with van der Waals surface area (Å²) >= 11 is 0. The second-order valence-electron chi connectivity index (χ2n) is 8.20. The summed E-state index contributed by atoms with van der Waals surface area (Å²) in [5.41, 5.74) is 0. The molecule has 1 N–H and O–H groups in total. The minimum atomic E-state index is -3.72. The zero-order chi connectivity index (χ0) is 22.0. The molecule has 10 heteroatoms. The summed E-state index contributed by atoms with van der Waals surface area (Å²) in [6.45, 7) is 2.97. The first-order valence-electron chi connectivity index (χ1n) is 10.8. The number of rotatable bonds is 6. The van der Waals surface area contributed by atoms with Gasteiger partial charge in [-0.1, -0.05) is 0 Å². The SMILES string of the molecule is C[C@H](OC(=O)C1CCN(S(=O)(=O)c2ccc3c(c2)OCCCO3)CC1)C(=O)NC1CC1. The summed E-state index contributed by atoms with van der Waals surface area (Å²) in [6, 6.07) is 4.83. The number of nitrogens with zero attached hydrogens (tertiary/aromatic N) is 1. The molecule has 2 fully saturated rings. The third kappa shape index (κ3) is 5.12. The van der Waals surface area contributed by atoms with E-state index in [2.05, 4.69) is 5.32 Å². The van der Waals surface area contributed by atoms with Crippen LogP contribution in [-0.4, -0.2) is 63.0 Å². The molecule has 9 nitrogen and oxygen atoms in total. The van der Waals surface area contributed by atoms with Crippen molar-refractivity contribution in [1.82, 2.24) is 9.62 Å². The quantitative estimate of drug-likeness (QED) is 0.651. The van der Waals surface area contributed by atoms with Crippen LogP contribution in [-0.2, 0) is 24.3 Å². The maximum atomic E-state index is 13.1. The van der Waals surface area contributed by atoms with Crippen molar-refractivity contribution in [3.05, 3.63) is 18.2 Å². The van der Waals surface area contributed by atoms with Gasteiger partial charge in [0.05, 0.1) is 24.0 Å². The maximum absolute atomic E-state index is 13.1. The van der Waals surface area contributed by atoms with Gasteiger partial charge < -0.3 is 19.5 Å². The van der Waals surface area contributed by atoms with Crippen molar-refractivity contribution in [2.75, 3.05) is 26.3 Å². The van der Waals surface area contributed by atoms with Crippen LogP contribution >= 0.6 is 0 Å². The van der Waals surface area contributed by atoms with Gasteiger partial charge in [-0.15, -0.1) is 0 Å². The van der Waals surface area contributed by atoms with Gasteiger partial charge in [0.25, 0.3) is 5.91 Å². The van der Waals surface area contributed by atoms with Crippen molar-refractivity contribution >= 4 is 21.9 Å². The Morgan fingerprint density at radius 1 is 1.10 bits per heavy atom. The van der Waals surface area contributed by atoms with E-state index in [4.69, 9.17) is 14.2 Å². The molecule has 0 spiro atoms. The van der Waals surface area contributed by atoms with Crippen molar-refractivity contribution in [2.45, 2.75) is 56.1 Å². The van der Waals surface area contributed by atoms with Crippen LogP contribution in [0.25, 0.3) is 0 Å². The number of amides is 1. The van der Waals surface area contributed by atoms with E-state index in [1.807, 2.05) is 0 Å². The number of hydrogen-bond donors (Lipinski definition) is 1. The fourth-order valence-electron chi connectivity index (χ4n) is 3.66. The lowest BCUT2D eigenvalue weighted by Gasteiger charge is -2.30. The largest absolute Gasteiger partial charge is 0.490 e. The second-order valence-corrected chi connectivity index (χ2v) is 10.1. The number of fused-ring (bicyclic) bond motifs is 1. The van der Waals surface area contributed by atoms with Crippen molar-refractivity contribution in [1.29, 1.82) is 0 Å². The number of piperidine rings is 1. The summed E-state index contributed by atoms with van der Waals surface area (Å²) in [5, 5.41) is 2.81. The topological polar surface area (TPSA) is 111 Å². The zero-order valence-electron chi connectivity index (χ0n) is 17.5. The van der Waals surface area contributed by atoms with Crippen LogP contribution < -0.4 is 14.8 Å². The first kappa shape index (κ1) is 21.9. The van der Waals surface area contributed by atoms with Gasteiger partial charge in [-0.2, -0.15) is 4.31 Å². The fraction of sp³-hybridized carbons (Fsp3) is 0.619. The van der Waals surface area contributed by atoms with Crippen molar-refractivity contribution in [3.8, 4) is 11.5 Å². The molecule has 0 bridgehead atoms. The van der Waals surface area contributed by atoms with E-state index in [1.165, 1.54) is 16.4 Å². The molecule has 0 unspecified atom stereocenters. The number of hydrogen-bond acceptors (Lipinski definition) is 7. The van der Waals surface area contributed by atoms with Gasteiger partial charge in [-0.05, 0) is 44.7 Å². The highest BCUT2D eigenvalue weighted by atomic mass is 32.2. The van der Waals surface area contributed by atoms with Crippen LogP contribution in [0, 0.1) is 5.92 Å². The molecule has 1 amide bonds. The van der Waals surface area contributed by atoms with Gasteiger partial charge in [-0.25, -0.2) is 8.42 Å². The Hall–Kier alpha value is -2.33. The normalized spacial score (nSPS) is 21.1. The predicted octanol–water partition coefficient (Wildman–Crippen LogP) is 1.46. The van der Waals surface area contributed by atoms with Crippen LogP contribution in [0.1, 0.15) is 39.0 Å². The van der Waals surface area contributed by atoms with Gasteiger partial charge in [0.1, 0.15) is 0 Å². The van der Waals surface area contributed by atoms with Crippen LogP contribution in [0.4, 0.5) is 0 Å².